The van der Waals surface area contributed by atoms with Crippen LogP contribution >= 0.6 is 0 Å². The third-order valence-electron chi connectivity index (χ3n) is 4.94. The van der Waals surface area contributed by atoms with E-state index >= 15 is 0 Å². The van der Waals surface area contributed by atoms with E-state index in [9.17, 15) is 9.90 Å². The van der Waals surface area contributed by atoms with Crippen LogP contribution < -0.4 is 0 Å². The summed E-state index contributed by atoms with van der Waals surface area (Å²) in [4.78, 5) is 13.5. The predicted octanol–water partition coefficient (Wildman–Crippen LogP) is 2.26. The van der Waals surface area contributed by atoms with Crippen molar-refractivity contribution in [2.75, 3.05) is 13.1 Å². The van der Waals surface area contributed by atoms with Gasteiger partial charge in [-0.25, -0.2) is 0 Å². The Hall–Kier alpha value is -0.570. The minimum absolute atomic E-state index is 0.433. The number of hydrogen-bond acceptors (Lipinski definition) is 2. The van der Waals surface area contributed by atoms with E-state index in [2.05, 4.69) is 4.90 Å². The van der Waals surface area contributed by atoms with Crippen LogP contribution in [-0.2, 0) is 4.79 Å². The van der Waals surface area contributed by atoms with E-state index in [1.807, 2.05) is 0 Å². The Labute approximate surface area is 96.8 Å². The average Bonchev–Trinajstić information content (AvgIpc) is 3.00. The lowest BCUT2D eigenvalue weighted by atomic mass is 9.72. The smallest absolute Gasteiger partial charge is 0.324 e. The monoisotopic (exact) mass is 223 g/mol. The highest BCUT2D eigenvalue weighted by Crippen LogP contribution is 2.52. The lowest BCUT2D eigenvalue weighted by Gasteiger charge is -2.53. The zero-order valence-corrected chi connectivity index (χ0v) is 9.87. The van der Waals surface area contributed by atoms with Crippen molar-refractivity contribution < 1.29 is 9.90 Å². The number of rotatable bonds is 2. The molecule has 1 saturated heterocycles. The molecule has 1 heterocycles. The number of carboxylic acid groups (broad SMARTS) is 1. The highest BCUT2D eigenvalue weighted by molar-refractivity contribution is 5.82. The predicted molar refractivity (Wildman–Crippen MR) is 61.3 cm³/mol. The third kappa shape index (κ3) is 1.48. The molecule has 16 heavy (non-hydrogen) atoms. The van der Waals surface area contributed by atoms with Crippen LogP contribution in [0.2, 0.25) is 0 Å². The first-order valence-electron chi connectivity index (χ1n) is 6.66. The minimum atomic E-state index is -0.587. The summed E-state index contributed by atoms with van der Waals surface area (Å²) >= 11 is 0. The summed E-state index contributed by atoms with van der Waals surface area (Å²) in [5.41, 5.74) is 0.0685. The van der Waals surface area contributed by atoms with Crippen molar-refractivity contribution in [2.45, 2.75) is 56.9 Å². The molecule has 3 nitrogen and oxygen atoms in total. The van der Waals surface area contributed by atoms with Gasteiger partial charge in [-0.1, -0.05) is 25.7 Å². The van der Waals surface area contributed by atoms with Gasteiger partial charge in [-0.15, -0.1) is 0 Å². The Kier molecular flexibility index (Phi) is 2.29. The van der Waals surface area contributed by atoms with Gasteiger partial charge in [0, 0.05) is 13.1 Å². The maximum atomic E-state index is 11.2. The van der Waals surface area contributed by atoms with Crippen molar-refractivity contribution in [3.05, 3.63) is 0 Å². The van der Waals surface area contributed by atoms with E-state index in [0.29, 0.717) is 5.41 Å². The summed E-state index contributed by atoms with van der Waals surface area (Å²) in [6.07, 6.45) is 9.88. The highest BCUT2D eigenvalue weighted by atomic mass is 16.4. The van der Waals surface area contributed by atoms with Crippen molar-refractivity contribution in [1.82, 2.24) is 4.90 Å². The Morgan fingerprint density at radius 2 is 1.50 bits per heavy atom. The van der Waals surface area contributed by atoms with Crippen molar-refractivity contribution in [2.24, 2.45) is 5.41 Å². The van der Waals surface area contributed by atoms with Gasteiger partial charge in [0.25, 0.3) is 0 Å². The number of likely N-dealkylation sites (tertiary alicyclic amines) is 1. The molecule has 0 aromatic heterocycles. The summed E-state index contributed by atoms with van der Waals surface area (Å²) in [5, 5.41) is 9.24. The number of carboxylic acids is 1. The second-order valence-electron chi connectivity index (χ2n) is 6.11. The van der Waals surface area contributed by atoms with Gasteiger partial charge in [0.1, 0.15) is 5.54 Å². The van der Waals surface area contributed by atoms with E-state index in [1.54, 1.807) is 0 Å². The molecule has 1 spiro atoms. The average molecular weight is 223 g/mol. The fourth-order valence-corrected chi connectivity index (χ4v) is 3.64. The molecular weight excluding hydrogens is 202 g/mol. The molecular formula is C13H21NO2. The second kappa shape index (κ2) is 3.46. The van der Waals surface area contributed by atoms with Gasteiger partial charge in [0.05, 0.1) is 0 Å². The normalized spacial score (nSPS) is 31.8. The maximum Gasteiger partial charge on any atom is 0.324 e. The standard InChI is InChI=1S/C13H21NO2/c15-11(16)13(7-8-13)14-9-12(10-14)5-3-1-2-4-6-12/h1-10H2,(H,15,16). The van der Waals surface area contributed by atoms with Crippen LogP contribution in [0.3, 0.4) is 0 Å². The van der Waals surface area contributed by atoms with Crippen molar-refractivity contribution in [3.8, 4) is 0 Å². The van der Waals surface area contributed by atoms with Gasteiger partial charge in [-0.2, -0.15) is 0 Å². The number of hydrogen-bond donors (Lipinski definition) is 1. The molecule has 90 valence electrons. The van der Waals surface area contributed by atoms with E-state index in [0.717, 1.165) is 25.9 Å². The largest absolute Gasteiger partial charge is 0.480 e. The van der Waals surface area contributed by atoms with Crippen LogP contribution in [0.25, 0.3) is 0 Å². The second-order valence-corrected chi connectivity index (χ2v) is 6.11. The summed E-state index contributed by atoms with van der Waals surface area (Å²) < 4.78 is 0. The van der Waals surface area contributed by atoms with Gasteiger partial charge in [0.15, 0.2) is 0 Å². The summed E-state index contributed by atoms with van der Waals surface area (Å²) in [6, 6.07) is 0. The highest BCUT2D eigenvalue weighted by Gasteiger charge is 2.61. The first kappa shape index (κ1) is 10.6. The molecule has 2 aliphatic carbocycles. The SMILES string of the molecule is O=C(O)C1(N2CC3(CCCCCC3)C2)CC1. The Morgan fingerprint density at radius 3 is 1.94 bits per heavy atom. The third-order valence-corrected chi connectivity index (χ3v) is 4.94. The van der Waals surface area contributed by atoms with Crippen LogP contribution in [-0.4, -0.2) is 34.6 Å². The molecule has 3 aliphatic rings. The fourth-order valence-electron chi connectivity index (χ4n) is 3.64. The van der Waals surface area contributed by atoms with Gasteiger partial charge in [-0.3, -0.25) is 9.69 Å². The van der Waals surface area contributed by atoms with Crippen LogP contribution in [0.1, 0.15) is 51.4 Å². The zero-order chi connectivity index (χ0) is 11.2. The molecule has 3 heteroatoms. The Balaban J connectivity index is 1.63. The van der Waals surface area contributed by atoms with E-state index in [1.165, 1.54) is 38.5 Å². The molecule has 1 aliphatic heterocycles. The Bertz CT molecular complexity index is 293. The van der Waals surface area contributed by atoms with Crippen LogP contribution in [0, 0.1) is 5.41 Å². The molecule has 0 aromatic carbocycles. The molecule has 1 N–H and O–H groups in total. The van der Waals surface area contributed by atoms with E-state index in [4.69, 9.17) is 0 Å². The molecule has 0 bridgehead atoms. The first-order chi connectivity index (χ1) is 7.67. The lowest BCUT2D eigenvalue weighted by molar-refractivity contribution is -0.153. The summed E-state index contributed by atoms with van der Waals surface area (Å²) in [5.74, 6) is -0.587. The molecule has 0 atom stereocenters. The molecule has 0 radical (unpaired) electrons. The van der Waals surface area contributed by atoms with Gasteiger partial charge in [0.2, 0.25) is 0 Å². The molecule has 3 fully saturated rings. The van der Waals surface area contributed by atoms with Gasteiger partial charge in [-0.05, 0) is 31.1 Å². The number of nitrogens with zero attached hydrogens (tertiary/aromatic N) is 1. The van der Waals surface area contributed by atoms with Gasteiger partial charge >= 0.3 is 5.97 Å². The first-order valence-corrected chi connectivity index (χ1v) is 6.66. The molecule has 0 aromatic rings. The number of carbonyl (C=O) groups is 1. The summed E-state index contributed by atoms with van der Waals surface area (Å²) in [7, 11) is 0. The zero-order valence-electron chi connectivity index (χ0n) is 9.87. The molecule has 0 amide bonds. The van der Waals surface area contributed by atoms with Gasteiger partial charge < -0.3 is 5.11 Å². The van der Waals surface area contributed by atoms with E-state index in [-0.39, 0.29) is 0 Å². The van der Waals surface area contributed by atoms with Crippen LogP contribution in [0.4, 0.5) is 0 Å². The quantitative estimate of drug-likeness (QED) is 0.780. The van der Waals surface area contributed by atoms with Crippen LogP contribution in [0.15, 0.2) is 0 Å². The molecule has 3 rings (SSSR count). The topological polar surface area (TPSA) is 40.5 Å². The Morgan fingerprint density at radius 1 is 0.938 bits per heavy atom. The summed E-state index contributed by atoms with van der Waals surface area (Å²) in [6.45, 7) is 2.11. The lowest BCUT2D eigenvalue weighted by Crippen LogP contribution is -2.62. The fraction of sp³-hybridized carbons (Fsp3) is 0.923. The van der Waals surface area contributed by atoms with Crippen molar-refractivity contribution in [1.29, 1.82) is 0 Å². The van der Waals surface area contributed by atoms with Crippen LogP contribution in [0.5, 0.6) is 0 Å². The maximum absolute atomic E-state index is 11.2. The minimum Gasteiger partial charge on any atom is -0.480 e. The number of aliphatic carboxylic acids is 1. The molecule has 0 unspecified atom stereocenters. The van der Waals surface area contributed by atoms with Crippen molar-refractivity contribution in [3.63, 3.8) is 0 Å². The molecule has 2 saturated carbocycles. The van der Waals surface area contributed by atoms with Crippen molar-refractivity contribution >= 4 is 5.97 Å². The van der Waals surface area contributed by atoms with E-state index < -0.39 is 11.5 Å².